The van der Waals surface area contributed by atoms with Crippen molar-refractivity contribution >= 4 is 0 Å². The van der Waals surface area contributed by atoms with Crippen LogP contribution < -0.4 is 5.73 Å². The fourth-order valence-corrected chi connectivity index (χ4v) is 0.223. The van der Waals surface area contributed by atoms with Crippen molar-refractivity contribution in [2.45, 2.75) is 19.6 Å². The van der Waals surface area contributed by atoms with Gasteiger partial charge in [0.25, 0.3) is 0 Å². The van der Waals surface area contributed by atoms with Crippen LogP contribution in [0.3, 0.4) is 0 Å². The molecule has 0 rings (SSSR count). The molecule has 8 heavy (non-hydrogen) atoms. The van der Waals surface area contributed by atoms with Gasteiger partial charge in [0.15, 0.2) is 5.79 Å². The van der Waals surface area contributed by atoms with Gasteiger partial charge in [0, 0.05) is 5.92 Å². The van der Waals surface area contributed by atoms with Crippen LogP contribution in [-0.4, -0.2) is 22.5 Å². The van der Waals surface area contributed by atoms with Crippen LogP contribution in [0.4, 0.5) is 0 Å². The second kappa shape index (κ2) is 2.44. The minimum Gasteiger partial charge on any atom is -0.366 e. The zero-order valence-corrected chi connectivity index (χ0v) is 5.26. The molecule has 0 spiro atoms. The van der Waals surface area contributed by atoms with Gasteiger partial charge in [-0.2, -0.15) is 0 Å². The maximum Gasteiger partial charge on any atom is 0.163 e. The van der Waals surface area contributed by atoms with Crippen molar-refractivity contribution in [2.75, 3.05) is 6.54 Å². The molecular weight excluding hydrogens is 106 g/mol. The highest BCUT2D eigenvalue weighted by Crippen LogP contribution is 2.09. The smallest absolute Gasteiger partial charge is 0.163 e. The zero-order valence-electron chi connectivity index (χ0n) is 5.26. The molecule has 0 bridgehead atoms. The maximum atomic E-state index is 8.76. The molecule has 0 amide bonds. The van der Waals surface area contributed by atoms with Crippen molar-refractivity contribution in [1.29, 1.82) is 0 Å². The van der Waals surface area contributed by atoms with Gasteiger partial charge in [0.1, 0.15) is 0 Å². The third-order valence-electron chi connectivity index (χ3n) is 1.29. The largest absolute Gasteiger partial charge is 0.366 e. The first-order valence-corrected chi connectivity index (χ1v) is 2.63. The third-order valence-corrected chi connectivity index (χ3v) is 1.29. The van der Waals surface area contributed by atoms with Crippen molar-refractivity contribution in [2.24, 2.45) is 11.7 Å². The monoisotopic (exact) mass is 119 g/mol. The predicted octanol–water partition coefficient (Wildman–Crippen LogP) is -0.718. The van der Waals surface area contributed by atoms with Gasteiger partial charge in [-0.25, -0.2) is 0 Å². The molecule has 0 aromatic rings. The van der Waals surface area contributed by atoms with E-state index >= 15 is 0 Å². The van der Waals surface area contributed by atoms with E-state index in [1.807, 2.05) is 0 Å². The summed E-state index contributed by atoms with van der Waals surface area (Å²) in [5, 5.41) is 17.5. The van der Waals surface area contributed by atoms with E-state index < -0.39 is 5.79 Å². The van der Waals surface area contributed by atoms with Crippen molar-refractivity contribution in [3.63, 3.8) is 0 Å². The molecule has 3 nitrogen and oxygen atoms in total. The Kier molecular flexibility index (Phi) is 2.40. The van der Waals surface area contributed by atoms with E-state index in [0.717, 1.165) is 0 Å². The van der Waals surface area contributed by atoms with Crippen molar-refractivity contribution in [3.05, 3.63) is 0 Å². The summed E-state index contributed by atoms with van der Waals surface area (Å²) < 4.78 is 0. The van der Waals surface area contributed by atoms with Crippen LogP contribution >= 0.6 is 0 Å². The van der Waals surface area contributed by atoms with Crippen LogP contribution in [0.5, 0.6) is 0 Å². The van der Waals surface area contributed by atoms with Crippen LogP contribution in [0.1, 0.15) is 13.8 Å². The van der Waals surface area contributed by atoms with Gasteiger partial charge in [-0.1, -0.05) is 6.92 Å². The van der Waals surface area contributed by atoms with Crippen LogP contribution in [0.25, 0.3) is 0 Å². The number of nitrogens with two attached hydrogens (primary N) is 1. The Morgan fingerprint density at radius 1 is 1.62 bits per heavy atom. The average molecular weight is 119 g/mol. The van der Waals surface area contributed by atoms with Crippen LogP contribution in [0.2, 0.25) is 0 Å². The SMILES string of the molecule is CC(CN)C(C)(O)O. The molecule has 3 heteroatoms. The molecular formula is C5H13NO2. The first-order chi connectivity index (χ1) is 3.48. The fraction of sp³-hybridized carbons (Fsp3) is 1.00. The quantitative estimate of drug-likeness (QED) is 0.420. The normalized spacial score (nSPS) is 16.1. The minimum absolute atomic E-state index is 0.262. The van der Waals surface area contributed by atoms with Crippen LogP contribution in [-0.2, 0) is 0 Å². The van der Waals surface area contributed by atoms with Crippen molar-refractivity contribution in [3.8, 4) is 0 Å². The summed E-state index contributed by atoms with van der Waals surface area (Å²) >= 11 is 0. The second-order valence-electron chi connectivity index (χ2n) is 2.23. The molecule has 0 aromatic heterocycles. The lowest BCUT2D eigenvalue weighted by Gasteiger charge is -2.22. The van der Waals surface area contributed by atoms with Gasteiger partial charge in [-0.3, -0.25) is 0 Å². The lowest BCUT2D eigenvalue weighted by Crippen LogP contribution is -2.36. The lowest BCUT2D eigenvalue weighted by molar-refractivity contribution is -0.177. The van der Waals surface area contributed by atoms with E-state index in [-0.39, 0.29) is 5.92 Å². The number of hydrogen-bond acceptors (Lipinski definition) is 3. The summed E-state index contributed by atoms with van der Waals surface area (Å²) in [4.78, 5) is 0. The molecule has 1 atom stereocenters. The Morgan fingerprint density at radius 2 is 2.00 bits per heavy atom. The van der Waals surface area contributed by atoms with Gasteiger partial charge >= 0.3 is 0 Å². The molecule has 0 saturated heterocycles. The Balaban J connectivity index is 3.62. The summed E-state index contributed by atoms with van der Waals surface area (Å²) in [6.07, 6.45) is 0. The van der Waals surface area contributed by atoms with Gasteiger partial charge in [0.05, 0.1) is 0 Å². The molecule has 0 aliphatic carbocycles. The Hall–Kier alpha value is -0.120. The van der Waals surface area contributed by atoms with E-state index in [4.69, 9.17) is 15.9 Å². The van der Waals surface area contributed by atoms with Crippen molar-refractivity contribution < 1.29 is 10.2 Å². The molecule has 0 fully saturated rings. The zero-order chi connectivity index (χ0) is 6.78. The summed E-state index contributed by atoms with van der Waals surface area (Å²) in [7, 11) is 0. The van der Waals surface area contributed by atoms with Crippen LogP contribution in [0.15, 0.2) is 0 Å². The first-order valence-electron chi connectivity index (χ1n) is 2.63. The molecule has 1 unspecified atom stereocenters. The highest BCUT2D eigenvalue weighted by Gasteiger charge is 2.22. The Bertz CT molecular complexity index is 67.3. The molecule has 0 saturated carbocycles. The van der Waals surface area contributed by atoms with E-state index in [0.29, 0.717) is 6.54 Å². The molecule has 0 aliphatic heterocycles. The Morgan fingerprint density at radius 3 is 2.00 bits per heavy atom. The second-order valence-corrected chi connectivity index (χ2v) is 2.23. The maximum absolute atomic E-state index is 8.76. The summed E-state index contributed by atoms with van der Waals surface area (Å²) in [5.41, 5.74) is 5.14. The molecule has 4 N–H and O–H groups in total. The van der Waals surface area contributed by atoms with E-state index in [2.05, 4.69) is 0 Å². The predicted molar refractivity (Wildman–Crippen MR) is 31.1 cm³/mol. The average Bonchev–Trinajstić information content (AvgIpc) is 1.62. The van der Waals surface area contributed by atoms with Gasteiger partial charge in [-0.15, -0.1) is 0 Å². The fourth-order valence-electron chi connectivity index (χ4n) is 0.223. The molecule has 0 radical (unpaired) electrons. The van der Waals surface area contributed by atoms with Gasteiger partial charge in [0.2, 0.25) is 0 Å². The van der Waals surface area contributed by atoms with E-state index in [9.17, 15) is 0 Å². The molecule has 0 heterocycles. The topological polar surface area (TPSA) is 66.5 Å². The number of rotatable bonds is 2. The number of aliphatic hydroxyl groups is 2. The number of hydrogen-bond donors (Lipinski definition) is 3. The molecule has 50 valence electrons. The highest BCUT2D eigenvalue weighted by atomic mass is 16.5. The Labute approximate surface area is 49.1 Å². The minimum atomic E-state index is -1.62. The third kappa shape index (κ3) is 2.26. The molecule has 0 aliphatic rings. The van der Waals surface area contributed by atoms with E-state index in [1.54, 1.807) is 6.92 Å². The standard InChI is InChI=1S/C5H13NO2/c1-4(3-6)5(2,7)8/h4,7-8H,3,6H2,1-2H3. The van der Waals surface area contributed by atoms with E-state index in [1.165, 1.54) is 6.92 Å². The van der Waals surface area contributed by atoms with Crippen LogP contribution in [0, 0.1) is 5.92 Å². The lowest BCUT2D eigenvalue weighted by atomic mass is 10.0. The van der Waals surface area contributed by atoms with Gasteiger partial charge in [-0.05, 0) is 13.5 Å². The first kappa shape index (κ1) is 7.88. The highest BCUT2D eigenvalue weighted by molar-refractivity contribution is 4.65. The van der Waals surface area contributed by atoms with Crippen molar-refractivity contribution in [1.82, 2.24) is 0 Å². The summed E-state index contributed by atoms with van der Waals surface area (Å²) in [6.45, 7) is 3.30. The molecule has 0 aromatic carbocycles. The van der Waals surface area contributed by atoms with Gasteiger partial charge < -0.3 is 15.9 Å². The summed E-state index contributed by atoms with van der Waals surface area (Å²) in [6, 6.07) is 0. The summed E-state index contributed by atoms with van der Waals surface area (Å²) in [5.74, 6) is -1.88.